The van der Waals surface area contributed by atoms with Crippen molar-refractivity contribution in [2.75, 3.05) is 5.32 Å². The number of halogens is 1. The summed E-state index contributed by atoms with van der Waals surface area (Å²) in [4.78, 5) is 23.3. The number of primary amides is 1. The predicted molar refractivity (Wildman–Crippen MR) is 87.5 cm³/mol. The van der Waals surface area contributed by atoms with Gasteiger partial charge in [-0.25, -0.2) is 12.8 Å². The third-order valence-corrected chi connectivity index (χ3v) is 7.03. The number of amides is 2. The summed E-state index contributed by atoms with van der Waals surface area (Å²) in [7, 11) is -4.02. The molecule has 1 aromatic carbocycles. The van der Waals surface area contributed by atoms with E-state index in [1.165, 1.54) is 0 Å². The van der Waals surface area contributed by atoms with Crippen LogP contribution < -0.4 is 11.1 Å². The Bertz CT molecular complexity index is 962. The number of hydrogen-bond donors (Lipinski definition) is 3. The zero-order chi connectivity index (χ0) is 18.4. The van der Waals surface area contributed by atoms with E-state index in [1.54, 1.807) is 0 Å². The van der Waals surface area contributed by atoms with Crippen LogP contribution in [-0.4, -0.2) is 30.9 Å². The van der Waals surface area contributed by atoms with E-state index in [9.17, 15) is 27.5 Å². The van der Waals surface area contributed by atoms with Gasteiger partial charge in [-0.2, -0.15) is 0 Å². The Hall–Kier alpha value is -2.30. The highest BCUT2D eigenvalue weighted by Crippen LogP contribution is 2.39. The standard InChI is InChI=1S/C15H13FN2O5S2/c16-8-1-3-9(4-2-8)25(22,23)11-7-10(12(17)19)13(24-11)18-14(20)15(21)5-6-15/h1-4,7,21H,5-6H2,(H2,17,19)(H,18,20). The summed E-state index contributed by atoms with van der Waals surface area (Å²) < 4.78 is 38.0. The van der Waals surface area contributed by atoms with E-state index in [1.807, 2.05) is 0 Å². The van der Waals surface area contributed by atoms with Crippen LogP contribution in [0.4, 0.5) is 9.39 Å². The van der Waals surface area contributed by atoms with Crippen molar-refractivity contribution >= 4 is 38.0 Å². The molecule has 7 nitrogen and oxygen atoms in total. The number of carbonyl (C=O) groups excluding carboxylic acids is 2. The number of rotatable bonds is 5. The van der Waals surface area contributed by atoms with Crippen LogP contribution in [0.5, 0.6) is 0 Å². The highest BCUT2D eigenvalue weighted by Gasteiger charge is 2.48. The van der Waals surface area contributed by atoms with E-state index < -0.39 is 33.1 Å². The maximum Gasteiger partial charge on any atom is 0.256 e. The molecule has 3 rings (SSSR count). The first-order valence-corrected chi connectivity index (χ1v) is 9.41. The van der Waals surface area contributed by atoms with E-state index >= 15 is 0 Å². The lowest BCUT2D eigenvalue weighted by Crippen LogP contribution is -2.29. The molecular weight excluding hydrogens is 371 g/mol. The van der Waals surface area contributed by atoms with E-state index in [2.05, 4.69) is 5.32 Å². The Morgan fingerprint density at radius 1 is 1.24 bits per heavy atom. The molecule has 2 aromatic rings. The minimum absolute atomic E-state index is 0.0569. The summed E-state index contributed by atoms with van der Waals surface area (Å²) >= 11 is 0.640. The van der Waals surface area contributed by atoms with Gasteiger partial charge in [0.2, 0.25) is 9.84 Å². The summed E-state index contributed by atoms with van der Waals surface area (Å²) in [5.74, 6) is -2.23. The maximum absolute atomic E-state index is 13.0. The summed E-state index contributed by atoms with van der Waals surface area (Å²) in [5.41, 5.74) is 3.57. The highest BCUT2D eigenvalue weighted by atomic mass is 32.2. The first kappa shape index (κ1) is 17.5. The average Bonchev–Trinajstić information content (AvgIpc) is 3.15. The molecule has 0 unspecified atom stereocenters. The number of hydrogen-bond acceptors (Lipinski definition) is 6. The van der Waals surface area contributed by atoms with Gasteiger partial charge in [-0.3, -0.25) is 9.59 Å². The fraction of sp³-hybridized carbons (Fsp3) is 0.200. The zero-order valence-electron chi connectivity index (χ0n) is 12.7. The molecule has 10 heteroatoms. The Labute approximate surface area is 146 Å². The normalized spacial score (nSPS) is 15.6. The summed E-state index contributed by atoms with van der Waals surface area (Å²) in [5, 5.41) is 12.1. The first-order chi connectivity index (χ1) is 11.6. The smallest absolute Gasteiger partial charge is 0.256 e. The molecule has 1 fully saturated rings. The summed E-state index contributed by atoms with van der Waals surface area (Å²) in [6, 6.07) is 5.25. The quantitative estimate of drug-likeness (QED) is 0.670. The molecule has 0 radical (unpaired) electrons. The van der Waals surface area contributed by atoms with E-state index in [-0.39, 0.29) is 32.5 Å². The topological polar surface area (TPSA) is 127 Å². The van der Waals surface area contributed by atoms with Crippen LogP contribution in [0, 0.1) is 5.82 Å². The van der Waals surface area contributed by atoms with Crippen LogP contribution in [0.15, 0.2) is 39.4 Å². The molecule has 132 valence electrons. The Kier molecular flexibility index (Phi) is 4.13. The van der Waals surface area contributed by atoms with Crippen molar-refractivity contribution in [1.29, 1.82) is 0 Å². The first-order valence-electron chi connectivity index (χ1n) is 7.12. The van der Waals surface area contributed by atoms with Crippen LogP contribution in [0.1, 0.15) is 23.2 Å². The van der Waals surface area contributed by atoms with Gasteiger partial charge in [0.1, 0.15) is 20.6 Å². The molecule has 1 heterocycles. The van der Waals surface area contributed by atoms with Gasteiger partial charge >= 0.3 is 0 Å². The van der Waals surface area contributed by atoms with Gasteiger partial charge in [-0.15, -0.1) is 11.3 Å². The molecule has 0 aliphatic heterocycles. The number of nitrogens with one attached hydrogen (secondary N) is 1. The zero-order valence-corrected chi connectivity index (χ0v) is 14.3. The van der Waals surface area contributed by atoms with Crippen molar-refractivity contribution in [3.63, 3.8) is 0 Å². The molecule has 0 bridgehead atoms. The van der Waals surface area contributed by atoms with Gasteiger partial charge in [0.15, 0.2) is 0 Å². The fourth-order valence-electron chi connectivity index (χ4n) is 2.07. The summed E-state index contributed by atoms with van der Waals surface area (Å²) in [6.45, 7) is 0. The minimum Gasteiger partial charge on any atom is -0.380 e. The van der Waals surface area contributed by atoms with Gasteiger partial charge in [0.25, 0.3) is 11.8 Å². The molecule has 4 N–H and O–H groups in total. The number of thiophene rings is 1. The molecule has 2 amide bonds. The lowest BCUT2D eigenvalue weighted by atomic mass is 10.3. The Balaban J connectivity index is 1.99. The van der Waals surface area contributed by atoms with Crippen LogP contribution in [0.25, 0.3) is 0 Å². The third kappa shape index (κ3) is 3.28. The molecule has 0 saturated heterocycles. The maximum atomic E-state index is 13.0. The molecular formula is C15H13FN2O5S2. The number of anilines is 1. The Morgan fingerprint density at radius 2 is 1.84 bits per heavy atom. The van der Waals surface area contributed by atoms with Crippen molar-refractivity contribution in [2.45, 2.75) is 27.5 Å². The van der Waals surface area contributed by atoms with Gasteiger partial charge in [0, 0.05) is 0 Å². The number of sulfone groups is 1. The van der Waals surface area contributed by atoms with Crippen molar-refractivity contribution in [3.05, 3.63) is 41.7 Å². The predicted octanol–water partition coefficient (Wildman–Crippen LogP) is 1.28. The molecule has 1 saturated carbocycles. The van der Waals surface area contributed by atoms with Gasteiger partial charge in [-0.05, 0) is 43.2 Å². The van der Waals surface area contributed by atoms with Gasteiger partial charge in [-0.1, -0.05) is 0 Å². The van der Waals surface area contributed by atoms with E-state index in [0.29, 0.717) is 11.3 Å². The second-order valence-corrected chi connectivity index (χ2v) is 8.84. The van der Waals surface area contributed by atoms with Crippen LogP contribution in [0.3, 0.4) is 0 Å². The average molecular weight is 384 g/mol. The number of nitrogens with two attached hydrogens (primary N) is 1. The van der Waals surface area contributed by atoms with Crippen molar-refractivity contribution in [3.8, 4) is 0 Å². The van der Waals surface area contributed by atoms with Gasteiger partial charge < -0.3 is 16.2 Å². The number of carbonyl (C=O) groups is 2. The van der Waals surface area contributed by atoms with Gasteiger partial charge in [0.05, 0.1) is 10.5 Å². The van der Waals surface area contributed by atoms with E-state index in [4.69, 9.17) is 5.73 Å². The molecule has 25 heavy (non-hydrogen) atoms. The number of benzene rings is 1. The molecule has 1 aliphatic carbocycles. The van der Waals surface area contributed by atoms with Crippen molar-refractivity contribution < 1.29 is 27.5 Å². The van der Waals surface area contributed by atoms with Crippen LogP contribution in [-0.2, 0) is 14.6 Å². The lowest BCUT2D eigenvalue weighted by molar-refractivity contribution is -0.125. The molecule has 0 atom stereocenters. The molecule has 1 aromatic heterocycles. The van der Waals surface area contributed by atoms with Crippen molar-refractivity contribution in [2.24, 2.45) is 5.73 Å². The number of aliphatic hydroxyl groups is 1. The molecule has 1 aliphatic rings. The van der Waals surface area contributed by atoms with Crippen LogP contribution in [0.2, 0.25) is 0 Å². The summed E-state index contributed by atoms with van der Waals surface area (Å²) in [6.07, 6.45) is 0.577. The molecule has 0 spiro atoms. The monoisotopic (exact) mass is 384 g/mol. The third-order valence-electron chi connectivity index (χ3n) is 3.74. The minimum atomic E-state index is -4.02. The second kappa shape index (κ2) is 5.90. The highest BCUT2D eigenvalue weighted by molar-refractivity contribution is 7.93. The van der Waals surface area contributed by atoms with E-state index in [0.717, 1.165) is 30.3 Å². The Morgan fingerprint density at radius 3 is 2.36 bits per heavy atom. The van der Waals surface area contributed by atoms with Crippen LogP contribution >= 0.6 is 11.3 Å². The SMILES string of the molecule is NC(=O)c1cc(S(=O)(=O)c2ccc(F)cc2)sc1NC(=O)C1(O)CC1. The second-order valence-electron chi connectivity index (χ2n) is 5.62. The van der Waals surface area contributed by atoms with Crippen molar-refractivity contribution in [1.82, 2.24) is 0 Å². The largest absolute Gasteiger partial charge is 0.380 e. The fourth-order valence-corrected chi connectivity index (χ4v) is 4.84. The lowest BCUT2D eigenvalue weighted by Gasteiger charge is -2.08.